The average molecular weight is 456 g/mol. The van der Waals surface area contributed by atoms with Crippen molar-refractivity contribution in [3.63, 3.8) is 0 Å². The highest BCUT2D eigenvalue weighted by molar-refractivity contribution is 6.08. The van der Waals surface area contributed by atoms with Crippen molar-refractivity contribution in [1.29, 1.82) is 0 Å². The van der Waals surface area contributed by atoms with Crippen LogP contribution in [-0.4, -0.2) is 27.9 Å². The van der Waals surface area contributed by atoms with Crippen molar-refractivity contribution in [3.05, 3.63) is 50.7 Å². The van der Waals surface area contributed by atoms with Crippen molar-refractivity contribution in [1.82, 2.24) is 9.55 Å². The van der Waals surface area contributed by atoms with Gasteiger partial charge >= 0.3 is 5.69 Å². The molecule has 2 atom stereocenters. The number of nitrogen functional groups attached to an aromatic ring is 1. The van der Waals surface area contributed by atoms with Gasteiger partial charge in [0, 0.05) is 30.3 Å². The number of hydrogen-bond donors (Lipinski definition) is 3. The Bertz CT molecular complexity index is 1150. The quantitative estimate of drug-likeness (QED) is 0.535. The van der Waals surface area contributed by atoms with Gasteiger partial charge in [0.25, 0.3) is 11.5 Å². The van der Waals surface area contributed by atoms with Gasteiger partial charge < -0.3 is 16.0 Å². The molecular formula is C24H33N5O4. The number of unbranched alkanes of at least 4 members (excludes halogenated alkanes) is 1. The monoisotopic (exact) mass is 455 g/mol. The number of nitrogens with two attached hydrogens (primary N) is 1. The number of aromatic amines is 1. The normalized spacial score (nSPS) is 17.1. The predicted molar refractivity (Wildman–Crippen MR) is 130 cm³/mol. The number of nitrogens with one attached hydrogen (secondary N) is 2. The molecule has 1 heterocycles. The van der Waals surface area contributed by atoms with E-state index in [-0.39, 0.29) is 35.8 Å². The maximum Gasteiger partial charge on any atom is 0.330 e. The zero-order valence-electron chi connectivity index (χ0n) is 19.7. The number of amides is 2. The van der Waals surface area contributed by atoms with E-state index in [4.69, 9.17) is 5.73 Å². The Morgan fingerprint density at radius 1 is 1.30 bits per heavy atom. The summed E-state index contributed by atoms with van der Waals surface area (Å²) in [5.74, 6) is -0.118. The number of benzene rings is 1. The number of carbonyl (C=O) groups is 2. The Hall–Kier alpha value is -3.36. The van der Waals surface area contributed by atoms with E-state index in [2.05, 4.69) is 10.3 Å². The second kappa shape index (κ2) is 10.1. The van der Waals surface area contributed by atoms with Crippen LogP contribution < -0.4 is 27.2 Å². The minimum absolute atomic E-state index is 0.00401. The van der Waals surface area contributed by atoms with E-state index in [0.717, 1.165) is 12.8 Å². The maximum atomic E-state index is 13.5. The van der Waals surface area contributed by atoms with Gasteiger partial charge in [-0.05, 0) is 42.9 Å². The summed E-state index contributed by atoms with van der Waals surface area (Å²) in [5, 5.41) is 2.86. The topological polar surface area (TPSA) is 130 Å². The molecule has 0 bridgehead atoms. The summed E-state index contributed by atoms with van der Waals surface area (Å²) < 4.78 is 1.30. The second-order valence-electron chi connectivity index (χ2n) is 9.20. The van der Waals surface area contributed by atoms with Crippen LogP contribution in [-0.2, 0) is 11.3 Å². The molecule has 9 nitrogen and oxygen atoms in total. The largest absolute Gasteiger partial charge is 0.383 e. The minimum atomic E-state index is -0.702. The van der Waals surface area contributed by atoms with Crippen LogP contribution in [0.5, 0.6) is 0 Å². The van der Waals surface area contributed by atoms with E-state index in [1.165, 1.54) is 9.47 Å². The summed E-state index contributed by atoms with van der Waals surface area (Å²) >= 11 is 0. The lowest BCUT2D eigenvalue weighted by molar-refractivity contribution is -0.117. The van der Waals surface area contributed by atoms with Crippen molar-refractivity contribution in [2.24, 2.45) is 17.8 Å². The highest BCUT2D eigenvalue weighted by Gasteiger charge is 2.39. The van der Waals surface area contributed by atoms with Gasteiger partial charge in [-0.1, -0.05) is 40.2 Å². The summed E-state index contributed by atoms with van der Waals surface area (Å²) in [7, 11) is 0. The van der Waals surface area contributed by atoms with Gasteiger partial charge in [0.2, 0.25) is 5.91 Å². The van der Waals surface area contributed by atoms with E-state index in [1.807, 2.05) is 27.7 Å². The van der Waals surface area contributed by atoms with Gasteiger partial charge in [0.1, 0.15) is 5.82 Å². The molecule has 33 heavy (non-hydrogen) atoms. The molecule has 0 saturated heterocycles. The van der Waals surface area contributed by atoms with E-state index in [9.17, 15) is 19.2 Å². The first-order valence-electron chi connectivity index (χ1n) is 11.5. The molecule has 0 spiro atoms. The third-order valence-electron chi connectivity index (χ3n) is 5.84. The lowest BCUT2D eigenvalue weighted by Gasteiger charge is -2.26. The molecule has 1 fully saturated rings. The molecule has 1 aliphatic carbocycles. The van der Waals surface area contributed by atoms with Gasteiger partial charge in [-0.25, -0.2) is 4.79 Å². The maximum absolute atomic E-state index is 13.5. The molecule has 1 aromatic carbocycles. The molecular weight excluding hydrogens is 422 g/mol. The fourth-order valence-electron chi connectivity index (χ4n) is 3.83. The average Bonchev–Trinajstić information content (AvgIpc) is 3.49. The Morgan fingerprint density at radius 3 is 2.61 bits per heavy atom. The van der Waals surface area contributed by atoms with E-state index >= 15 is 0 Å². The molecule has 1 saturated carbocycles. The van der Waals surface area contributed by atoms with Crippen LogP contribution in [0.15, 0.2) is 33.9 Å². The van der Waals surface area contributed by atoms with Crippen molar-refractivity contribution in [2.45, 2.75) is 53.5 Å². The van der Waals surface area contributed by atoms with Gasteiger partial charge in [-0.2, -0.15) is 0 Å². The van der Waals surface area contributed by atoms with Gasteiger partial charge in [-0.3, -0.25) is 23.9 Å². The second-order valence-corrected chi connectivity index (χ2v) is 9.20. The SMILES string of the molecule is CCCCn1c(N)c(N(CC(C)C)C(=O)c2cccc(NC(=O)C3CC3C)c2)c(=O)[nH]c1=O. The Balaban J connectivity index is 1.98. The van der Waals surface area contributed by atoms with Crippen LogP contribution in [0.3, 0.4) is 0 Å². The van der Waals surface area contributed by atoms with Gasteiger partial charge in [0.15, 0.2) is 5.69 Å². The van der Waals surface area contributed by atoms with Crippen LogP contribution in [0.25, 0.3) is 0 Å². The fourth-order valence-corrected chi connectivity index (χ4v) is 3.83. The summed E-state index contributed by atoms with van der Waals surface area (Å²) in [5.41, 5.74) is 5.75. The smallest absolute Gasteiger partial charge is 0.330 e. The van der Waals surface area contributed by atoms with Crippen LogP contribution in [0.2, 0.25) is 0 Å². The van der Waals surface area contributed by atoms with Crippen LogP contribution in [0, 0.1) is 17.8 Å². The Morgan fingerprint density at radius 2 is 2.00 bits per heavy atom. The molecule has 178 valence electrons. The molecule has 2 amide bonds. The van der Waals surface area contributed by atoms with Crippen molar-refractivity contribution < 1.29 is 9.59 Å². The van der Waals surface area contributed by atoms with E-state index in [0.29, 0.717) is 30.1 Å². The Kier molecular flexibility index (Phi) is 7.40. The molecule has 0 aliphatic heterocycles. The first kappa shape index (κ1) is 24.3. The third-order valence-corrected chi connectivity index (χ3v) is 5.84. The number of nitrogens with zero attached hydrogens (tertiary/aromatic N) is 2. The number of carbonyl (C=O) groups excluding carboxylic acids is 2. The summed E-state index contributed by atoms with van der Waals surface area (Å²) in [6.45, 7) is 8.42. The molecule has 2 unspecified atom stereocenters. The van der Waals surface area contributed by atoms with Crippen molar-refractivity contribution >= 4 is 29.0 Å². The lowest BCUT2D eigenvalue weighted by atomic mass is 10.1. The van der Waals surface area contributed by atoms with E-state index < -0.39 is 17.2 Å². The van der Waals surface area contributed by atoms with Gasteiger partial charge in [-0.15, -0.1) is 0 Å². The molecule has 1 aliphatic rings. The minimum Gasteiger partial charge on any atom is -0.383 e. The molecule has 0 radical (unpaired) electrons. The summed E-state index contributed by atoms with van der Waals surface area (Å²) in [6.07, 6.45) is 2.41. The van der Waals surface area contributed by atoms with Crippen LogP contribution in [0.4, 0.5) is 17.2 Å². The first-order chi connectivity index (χ1) is 15.6. The van der Waals surface area contributed by atoms with Gasteiger partial charge in [0.05, 0.1) is 0 Å². The highest BCUT2D eigenvalue weighted by atomic mass is 16.2. The molecule has 2 aromatic rings. The first-order valence-corrected chi connectivity index (χ1v) is 11.5. The highest BCUT2D eigenvalue weighted by Crippen LogP contribution is 2.38. The zero-order valence-corrected chi connectivity index (χ0v) is 19.7. The molecule has 9 heteroatoms. The fraction of sp³-hybridized carbons (Fsp3) is 0.500. The number of hydrogen-bond acceptors (Lipinski definition) is 5. The van der Waals surface area contributed by atoms with Crippen molar-refractivity contribution in [2.75, 3.05) is 22.5 Å². The number of rotatable bonds is 9. The number of anilines is 3. The van der Waals surface area contributed by atoms with Crippen LogP contribution >= 0.6 is 0 Å². The molecule has 4 N–H and O–H groups in total. The number of aromatic nitrogens is 2. The van der Waals surface area contributed by atoms with Crippen LogP contribution in [0.1, 0.15) is 57.3 Å². The zero-order chi connectivity index (χ0) is 24.3. The predicted octanol–water partition coefficient (Wildman–Crippen LogP) is 2.82. The third kappa shape index (κ3) is 5.53. The summed E-state index contributed by atoms with van der Waals surface area (Å²) in [4.78, 5) is 54.6. The molecule has 3 rings (SSSR count). The molecule has 1 aromatic heterocycles. The summed E-state index contributed by atoms with van der Waals surface area (Å²) in [6, 6.07) is 6.63. The standard InChI is InChI=1S/C24H33N5O4/c1-5-6-10-28-20(25)19(22(31)27-24(28)33)29(13-14(2)3)23(32)16-8-7-9-17(12-16)26-21(30)18-11-15(18)4/h7-9,12,14-15,18H,5-6,10-11,13,25H2,1-4H3,(H,26,30)(H,27,31,33). The van der Waals surface area contributed by atoms with Crippen molar-refractivity contribution in [3.8, 4) is 0 Å². The number of H-pyrrole nitrogens is 1. The Labute approximate surface area is 193 Å². The van der Waals surface area contributed by atoms with E-state index in [1.54, 1.807) is 24.3 Å². The lowest BCUT2D eigenvalue weighted by Crippen LogP contribution is -2.42.